The molecule has 118 valence electrons. The number of urea groups is 1. The summed E-state index contributed by atoms with van der Waals surface area (Å²) in [5.41, 5.74) is 0.587. The van der Waals surface area contributed by atoms with Crippen molar-refractivity contribution in [3.05, 3.63) is 60.2 Å². The van der Waals surface area contributed by atoms with Gasteiger partial charge in [0.25, 0.3) is 5.91 Å². The molecule has 1 unspecified atom stereocenters. The lowest BCUT2D eigenvalue weighted by molar-refractivity contribution is -0.121. The molecule has 1 aliphatic heterocycles. The highest BCUT2D eigenvalue weighted by molar-refractivity contribution is 6.23. The van der Waals surface area contributed by atoms with Gasteiger partial charge in [-0.3, -0.25) is 4.79 Å². The van der Waals surface area contributed by atoms with Crippen LogP contribution in [0.2, 0.25) is 0 Å². The van der Waals surface area contributed by atoms with Crippen LogP contribution in [0.15, 0.2) is 54.6 Å². The molecule has 0 spiro atoms. The molecular weight excluding hydrogens is 292 g/mol. The van der Waals surface area contributed by atoms with Crippen molar-refractivity contribution < 1.29 is 14.3 Å². The van der Waals surface area contributed by atoms with E-state index in [1.165, 1.54) is 4.90 Å². The smallest absolute Gasteiger partial charge is 0.329 e. The maximum absolute atomic E-state index is 12.8. The van der Waals surface area contributed by atoms with Crippen LogP contribution in [0, 0.1) is 0 Å². The van der Waals surface area contributed by atoms with Crippen molar-refractivity contribution in [2.75, 3.05) is 12.0 Å². The third-order valence-electron chi connectivity index (χ3n) is 3.99. The van der Waals surface area contributed by atoms with Crippen LogP contribution in [0.25, 0.3) is 0 Å². The summed E-state index contributed by atoms with van der Waals surface area (Å²) in [7, 11) is 1.57. The van der Waals surface area contributed by atoms with Crippen molar-refractivity contribution in [2.24, 2.45) is 0 Å². The molecule has 2 aromatic carbocycles. The number of rotatable bonds is 4. The Morgan fingerprint density at radius 2 is 1.70 bits per heavy atom. The molecule has 2 aromatic rings. The highest BCUT2D eigenvalue weighted by atomic mass is 16.5. The summed E-state index contributed by atoms with van der Waals surface area (Å²) in [6.45, 7) is 1.75. The zero-order valence-corrected chi connectivity index (χ0v) is 13.1. The molecule has 0 aromatic heterocycles. The molecule has 1 N–H and O–H groups in total. The van der Waals surface area contributed by atoms with Gasteiger partial charge in [-0.05, 0) is 36.8 Å². The monoisotopic (exact) mass is 310 g/mol. The Balaban J connectivity index is 1.86. The number of nitrogens with one attached hydrogen (secondary N) is 1. The van der Waals surface area contributed by atoms with E-state index in [4.69, 9.17) is 4.74 Å². The van der Waals surface area contributed by atoms with Gasteiger partial charge in [-0.25, -0.2) is 9.69 Å². The van der Waals surface area contributed by atoms with Crippen molar-refractivity contribution in [1.82, 2.24) is 5.32 Å². The van der Waals surface area contributed by atoms with Gasteiger partial charge in [0.05, 0.1) is 12.8 Å². The van der Waals surface area contributed by atoms with Crippen LogP contribution in [0.5, 0.6) is 5.75 Å². The number of benzene rings is 2. The normalized spacial score (nSPS) is 20.5. The lowest BCUT2D eigenvalue weighted by atomic mass is 9.93. The molecule has 3 amide bonds. The first-order valence-corrected chi connectivity index (χ1v) is 7.38. The van der Waals surface area contributed by atoms with E-state index >= 15 is 0 Å². The predicted octanol–water partition coefficient (Wildman–Crippen LogP) is 2.75. The first-order valence-electron chi connectivity index (χ1n) is 7.38. The molecule has 0 bridgehead atoms. The van der Waals surface area contributed by atoms with E-state index < -0.39 is 11.6 Å². The zero-order chi connectivity index (χ0) is 16.4. The summed E-state index contributed by atoms with van der Waals surface area (Å²) in [4.78, 5) is 26.3. The average molecular weight is 310 g/mol. The predicted molar refractivity (Wildman–Crippen MR) is 87.6 cm³/mol. The second kappa shape index (κ2) is 5.76. The minimum Gasteiger partial charge on any atom is -0.497 e. The first-order chi connectivity index (χ1) is 11.0. The van der Waals surface area contributed by atoms with Crippen molar-refractivity contribution in [2.45, 2.75) is 18.9 Å². The molecule has 1 saturated heterocycles. The molecule has 0 radical (unpaired) electrons. The largest absolute Gasteiger partial charge is 0.497 e. The minimum atomic E-state index is -0.946. The first kappa shape index (κ1) is 15.1. The Kier molecular flexibility index (Phi) is 3.78. The minimum absolute atomic E-state index is 0.253. The van der Waals surface area contributed by atoms with Crippen LogP contribution in [-0.2, 0) is 11.2 Å². The number of anilines is 1. The van der Waals surface area contributed by atoms with Crippen LogP contribution < -0.4 is 15.0 Å². The number of nitrogens with zero attached hydrogens (tertiary/aromatic N) is 1. The number of carbonyl (C=O) groups is 2. The molecular formula is C18H18N2O3. The molecule has 0 saturated carbocycles. The summed E-state index contributed by atoms with van der Waals surface area (Å²) in [5, 5.41) is 2.81. The third kappa shape index (κ3) is 2.77. The fourth-order valence-electron chi connectivity index (χ4n) is 2.77. The van der Waals surface area contributed by atoms with E-state index in [0.29, 0.717) is 17.9 Å². The van der Waals surface area contributed by atoms with Crippen LogP contribution in [0.4, 0.5) is 10.5 Å². The standard InChI is InChI=1S/C18H18N2O3/c1-18(12-13-6-4-3-5-7-13)16(21)20(17(22)19-18)14-8-10-15(23-2)11-9-14/h3-11H,12H2,1-2H3,(H,19,22). The third-order valence-corrected chi connectivity index (χ3v) is 3.99. The lowest BCUT2D eigenvalue weighted by Gasteiger charge is -2.21. The van der Waals surface area contributed by atoms with E-state index in [9.17, 15) is 9.59 Å². The fraction of sp³-hybridized carbons (Fsp3) is 0.222. The maximum atomic E-state index is 12.8. The van der Waals surface area contributed by atoms with E-state index in [1.54, 1.807) is 38.3 Å². The number of carbonyl (C=O) groups excluding carboxylic acids is 2. The fourth-order valence-corrected chi connectivity index (χ4v) is 2.77. The van der Waals surface area contributed by atoms with Crippen molar-refractivity contribution >= 4 is 17.6 Å². The average Bonchev–Trinajstić information content (AvgIpc) is 2.77. The van der Waals surface area contributed by atoms with Gasteiger partial charge in [0.15, 0.2) is 0 Å². The number of methoxy groups -OCH3 is 1. The number of hydrogen-bond donors (Lipinski definition) is 1. The molecule has 1 atom stereocenters. The highest BCUT2D eigenvalue weighted by Crippen LogP contribution is 2.28. The second-order valence-corrected chi connectivity index (χ2v) is 5.76. The van der Waals surface area contributed by atoms with E-state index in [1.807, 2.05) is 30.3 Å². The highest BCUT2D eigenvalue weighted by Gasteiger charge is 2.48. The lowest BCUT2D eigenvalue weighted by Crippen LogP contribution is -2.46. The van der Waals surface area contributed by atoms with E-state index in [-0.39, 0.29) is 5.91 Å². The molecule has 3 rings (SSSR count). The van der Waals surface area contributed by atoms with Crippen molar-refractivity contribution in [3.8, 4) is 5.75 Å². The van der Waals surface area contributed by atoms with Crippen LogP contribution >= 0.6 is 0 Å². The van der Waals surface area contributed by atoms with Crippen molar-refractivity contribution in [1.29, 1.82) is 0 Å². The molecule has 1 heterocycles. The van der Waals surface area contributed by atoms with Gasteiger partial charge in [-0.15, -0.1) is 0 Å². The molecule has 1 aliphatic rings. The zero-order valence-electron chi connectivity index (χ0n) is 13.1. The van der Waals surface area contributed by atoms with Crippen molar-refractivity contribution in [3.63, 3.8) is 0 Å². The van der Waals surface area contributed by atoms with Gasteiger partial charge >= 0.3 is 6.03 Å². The molecule has 5 heteroatoms. The summed E-state index contributed by atoms with van der Waals surface area (Å²) in [6.07, 6.45) is 0.449. The topological polar surface area (TPSA) is 58.6 Å². The number of amides is 3. The van der Waals surface area contributed by atoms with Gasteiger partial charge in [0.1, 0.15) is 11.3 Å². The van der Waals surface area contributed by atoms with E-state index in [2.05, 4.69) is 5.32 Å². The van der Waals surface area contributed by atoms with E-state index in [0.717, 1.165) is 5.56 Å². The SMILES string of the molecule is COc1ccc(N2C(=O)NC(C)(Cc3ccccc3)C2=O)cc1. The van der Waals surface area contributed by atoms with Gasteiger partial charge in [-0.2, -0.15) is 0 Å². The Hall–Kier alpha value is -2.82. The summed E-state index contributed by atoms with van der Waals surface area (Å²) < 4.78 is 5.10. The Morgan fingerprint density at radius 3 is 2.30 bits per heavy atom. The second-order valence-electron chi connectivity index (χ2n) is 5.76. The van der Waals surface area contributed by atoms with Crippen LogP contribution in [0.1, 0.15) is 12.5 Å². The summed E-state index contributed by atoms with van der Waals surface area (Å²) in [5.74, 6) is 0.421. The van der Waals surface area contributed by atoms with Crippen LogP contribution in [0.3, 0.4) is 0 Å². The number of ether oxygens (including phenoxy) is 1. The Bertz CT molecular complexity index is 728. The molecule has 1 fully saturated rings. The number of imide groups is 1. The van der Waals surface area contributed by atoms with Gasteiger partial charge in [-0.1, -0.05) is 30.3 Å². The Morgan fingerprint density at radius 1 is 1.04 bits per heavy atom. The van der Waals surface area contributed by atoms with Gasteiger partial charge in [0, 0.05) is 6.42 Å². The molecule has 23 heavy (non-hydrogen) atoms. The molecule has 0 aliphatic carbocycles. The quantitative estimate of drug-likeness (QED) is 0.883. The summed E-state index contributed by atoms with van der Waals surface area (Å²) in [6, 6.07) is 16.1. The molecule has 5 nitrogen and oxygen atoms in total. The van der Waals surface area contributed by atoms with Gasteiger partial charge in [0.2, 0.25) is 0 Å². The van der Waals surface area contributed by atoms with Gasteiger partial charge < -0.3 is 10.1 Å². The Labute approximate surface area is 134 Å². The number of hydrogen-bond acceptors (Lipinski definition) is 3. The maximum Gasteiger partial charge on any atom is 0.329 e. The summed E-state index contributed by atoms with van der Waals surface area (Å²) >= 11 is 0. The van der Waals surface area contributed by atoms with Crippen LogP contribution in [-0.4, -0.2) is 24.6 Å².